The molecule has 27 heavy (non-hydrogen) atoms. The Bertz CT molecular complexity index is 839. The maximum atomic E-state index is 12.0. The van der Waals surface area contributed by atoms with Gasteiger partial charge in [0.15, 0.2) is 0 Å². The molecule has 1 aromatic heterocycles. The highest BCUT2D eigenvalue weighted by Gasteiger charge is 2.16. The number of benzene rings is 1. The van der Waals surface area contributed by atoms with E-state index in [9.17, 15) is 9.59 Å². The molecule has 0 aliphatic rings. The average Bonchev–Trinajstić information content (AvgIpc) is 2.57. The Hall–Kier alpha value is -3.15. The van der Waals surface area contributed by atoms with Gasteiger partial charge < -0.3 is 15.4 Å². The molecule has 0 saturated carbocycles. The van der Waals surface area contributed by atoms with Crippen LogP contribution in [0.2, 0.25) is 0 Å². The van der Waals surface area contributed by atoms with Crippen molar-refractivity contribution < 1.29 is 14.3 Å². The molecule has 0 bridgehead atoms. The van der Waals surface area contributed by atoms with E-state index >= 15 is 0 Å². The average molecular weight is 367 g/mol. The minimum Gasteiger partial charge on any atom is -0.444 e. The number of nitrogens with one attached hydrogen (secondary N) is 2. The van der Waals surface area contributed by atoms with E-state index in [-0.39, 0.29) is 12.5 Å². The summed E-state index contributed by atoms with van der Waals surface area (Å²) in [5.41, 5.74) is 2.79. The van der Waals surface area contributed by atoms with E-state index in [1.165, 1.54) is 0 Å². The number of amides is 2. The lowest BCUT2D eigenvalue weighted by Crippen LogP contribution is -2.37. The van der Waals surface area contributed by atoms with Crippen molar-refractivity contribution >= 4 is 29.8 Å². The van der Waals surface area contributed by atoms with Gasteiger partial charge in [0.05, 0.1) is 5.69 Å². The standard InChI is InChI=1S/C21H25N3O3/c1-15-7-5-9-17(23-15)12-11-16-8-6-10-18(13-16)24-19(25)14-22-20(26)27-21(2,3)4/h5-13H,14H2,1-4H3,(H,22,26)(H,24,25). The zero-order valence-electron chi connectivity index (χ0n) is 16.1. The number of pyridine rings is 1. The Kier molecular flexibility index (Phi) is 6.71. The predicted molar refractivity (Wildman–Crippen MR) is 107 cm³/mol. The van der Waals surface area contributed by atoms with Crippen molar-refractivity contribution in [3.05, 3.63) is 59.4 Å². The number of carbonyl (C=O) groups excluding carboxylic acids is 2. The molecule has 2 aromatic rings. The van der Waals surface area contributed by atoms with Crippen molar-refractivity contribution in [1.82, 2.24) is 10.3 Å². The summed E-state index contributed by atoms with van der Waals surface area (Å²) in [6, 6.07) is 13.2. The first-order valence-corrected chi connectivity index (χ1v) is 8.70. The number of anilines is 1. The highest BCUT2D eigenvalue weighted by molar-refractivity contribution is 5.94. The first-order chi connectivity index (χ1) is 12.7. The molecule has 2 rings (SSSR count). The van der Waals surface area contributed by atoms with Crippen LogP contribution in [0.25, 0.3) is 12.2 Å². The monoisotopic (exact) mass is 367 g/mol. The van der Waals surface area contributed by atoms with E-state index in [0.29, 0.717) is 5.69 Å². The molecule has 2 amide bonds. The van der Waals surface area contributed by atoms with Crippen LogP contribution in [0.15, 0.2) is 42.5 Å². The summed E-state index contributed by atoms with van der Waals surface area (Å²) in [6.45, 7) is 7.06. The normalized spacial score (nSPS) is 11.3. The number of nitrogens with zero attached hydrogens (tertiary/aromatic N) is 1. The fraction of sp³-hybridized carbons (Fsp3) is 0.286. The van der Waals surface area contributed by atoms with E-state index in [2.05, 4.69) is 15.6 Å². The maximum absolute atomic E-state index is 12.0. The Morgan fingerprint density at radius 3 is 2.56 bits per heavy atom. The first kappa shape index (κ1) is 20.2. The first-order valence-electron chi connectivity index (χ1n) is 8.70. The van der Waals surface area contributed by atoms with Gasteiger partial charge in [-0.05, 0) is 63.6 Å². The number of carbonyl (C=O) groups is 2. The Balaban J connectivity index is 1.91. The number of alkyl carbamates (subject to hydrolysis) is 1. The molecule has 1 aromatic carbocycles. The molecule has 142 valence electrons. The van der Waals surface area contributed by atoms with Crippen LogP contribution < -0.4 is 10.6 Å². The summed E-state index contributed by atoms with van der Waals surface area (Å²) in [6.07, 6.45) is 3.22. The van der Waals surface area contributed by atoms with Crippen LogP contribution >= 0.6 is 0 Å². The van der Waals surface area contributed by atoms with Crippen LogP contribution in [-0.4, -0.2) is 29.1 Å². The van der Waals surface area contributed by atoms with Crippen molar-refractivity contribution in [3.8, 4) is 0 Å². The van der Waals surface area contributed by atoms with Crippen LogP contribution in [0.3, 0.4) is 0 Å². The second kappa shape index (κ2) is 8.98. The molecule has 6 nitrogen and oxygen atoms in total. The summed E-state index contributed by atoms with van der Waals surface area (Å²) >= 11 is 0. The summed E-state index contributed by atoms with van der Waals surface area (Å²) in [4.78, 5) is 28.0. The lowest BCUT2D eigenvalue weighted by atomic mass is 10.1. The topological polar surface area (TPSA) is 80.3 Å². The molecule has 0 spiro atoms. The van der Waals surface area contributed by atoms with E-state index in [4.69, 9.17) is 4.74 Å². The molecular weight excluding hydrogens is 342 g/mol. The predicted octanol–water partition coefficient (Wildman–Crippen LogP) is 4.02. The highest BCUT2D eigenvalue weighted by Crippen LogP contribution is 2.13. The molecule has 0 aliphatic heterocycles. The van der Waals surface area contributed by atoms with Crippen LogP contribution in [0.4, 0.5) is 10.5 Å². The van der Waals surface area contributed by atoms with E-state index in [0.717, 1.165) is 17.0 Å². The van der Waals surface area contributed by atoms with Crippen LogP contribution in [0, 0.1) is 6.92 Å². The number of aromatic nitrogens is 1. The number of rotatable bonds is 5. The van der Waals surface area contributed by atoms with Gasteiger partial charge in [0.2, 0.25) is 5.91 Å². The van der Waals surface area contributed by atoms with Crippen molar-refractivity contribution in [3.63, 3.8) is 0 Å². The van der Waals surface area contributed by atoms with Gasteiger partial charge in [-0.2, -0.15) is 0 Å². The molecule has 2 N–H and O–H groups in total. The minimum absolute atomic E-state index is 0.164. The number of hydrogen-bond donors (Lipinski definition) is 2. The molecule has 0 fully saturated rings. The third-order valence-electron chi connectivity index (χ3n) is 3.32. The van der Waals surface area contributed by atoms with Crippen LogP contribution in [-0.2, 0) is 9.53 Å². The van der Waals surface area contributed by atoms with Gasteiger partial charge >= 0.3 is 6.09 Å². The van der Waals surface area contributed by atoms with Gasteiger partial charge in [-0.3, -0.25) is 9.78 Å². The van der Waals surface area contributed by atoms with Gasteiger partial charge in [-0.15, -0.1) is 0 Å². The van der Waals surface area contributed by atoms with Gasteiger partial charge in [0.1, 0.15) is 12.1 Å². The van der Waals surface area contributed by atoms with Gasteiger partial charge in [-0.25, -0.2) is 4.79 Å². The van der Waals surface area contributed by atoms with Gasteiger partial charge in [0.25, 0.3) is 0 Å². The Morgan fingerprint density at radius 1 is 1.11 bits per heavy atom. The summed E-state index contributed by atoms with van der Waals surface area (Å²) in [5, 5.41) is 5.18. The third kappa shape index (κ3) is 7.73. The van der Waals surface area contributed by atoms with Gasteiger partial charge in [0, 0.05) is 11.4 Å². The van der Waals surface area contributed by atoms with Crippen molar-refractivity contribution in [1.29, 1.82) is 0 Å². The lowest BCUT2D eigenvalue weighted by Gasteiger charge is -2.19. The fourth-order valence-corrected chi connectivity index (χ4v) is 2.23. The van der Waals surface area contributed by atoms with Crippen LogP contribution in [0.5, 0.6) is 0 Å². The second-order valence-corrected chi connectivity index (χ2v) is 7.07. The molecule has 0 aliphatic carbocycles. The zero-order valence-corrected chi connectivity index (χ0v) is 16.1. The van der Waals surface area contributed by atoms with Crippen LogP contribution in [0.1, 0.15) is 37.7 Å². The van der Waals surface area contributed by atoms with E-state index < -0.39 is 11.7 Å². The minimum atomic E-state index is -0.625. The molecule has 0 atom stereocenters. The van der Waals surface area contributed by atoms with Crippen molar-refractivity contribution in [2.24, 2.45) is 0 Å². The maximum Gasteiger partial charge on any atom is 0.408 e. The van der Waals surface area contributed by atoms with Gasteiger partial charge in [-0.1, -0.05) is 24.3 Å². The third-order valence-corrected chi connectivity index (χ3v) is 3.32. The van der Waals surface area contributed by atoms with Crippen molar-refractivity contribution in [2.45, 2.75) is 33.3 Å². The Labute approximate surface area is 159 Å². The van der Waals surface area contributed by atoms with E-state index in [1.54, 1.807) is 26.8 Å². The largest absolute Gasteiger partial charge is 0.444 e. The zero-order chi connectivity index (χ0) is 19.9. The molecular formula is C21H25N3O3. The number of hydrogen-bond acceptors (Lipinski definition) is 4. The quantitative estimate of drug-likeness (QED) is 0.836. The summed E-state index contributed by atoms with van der Waals surface area (Å²) < 4.78 is 5.09. The molecule has 0 unspecified atom stereocenters. The number of ether oxygens (including phenoxy) is 1. The fourth-order valence-electron chi connectivity index (χ4n) is 2.23. The highest BCUT2D eigenvalue weighted by atomic mass is 16.6. The number of aryl methyl sites for hydroxylation is 1. The smallest absolute Gasteiger partial charge is 0.408 e. The summed E-state index contributed by atoms with van der Waals surface area (Å²) in [7, 11) is 0. The molecule has 0 saturated heterocycles. The summed E-state index contributed by atoms with van der Waals surface area (Å²) in [5.74, 6) is -0.331. The SMILES string of the molecule is Cc1cccc(C=Cc2cccc(NC(=O)CNC(=O)OC(C)(C)C)c2)n1. The van der Waals surface area contributed by atoms with E-state index in [1.807, 2.05) is 55.5 Å². The Morgan fingerprint density at radius 2 is 1.85 bits per heavy atom. The molecule has 6 heteroatoms. The molecule has 0 radical (unpaired) electrons. The molecule has 1 heterocycles. The second-order valence-electron chi connectivity index (χ2n) is 7.07. The van der Waals surface area contributed by atoms with Crippen molar-refractivity contribution in [2.75, 3.05) is 11.9 Å². The lowest BCUT2D eigenvalue weighted by molar-refractivity contribution is -0.115.